The molecule has 0 aromatic heterocycles. The molecule has 0 nitrogen and oxygen atoms in total. The average molecular weight is 307 g/mol. The Morgan fingerprint density at radius 2 is 1.14 bits per heavy atom. The van der Waals surface area contributed by atoms with Crippen LogP contribution in [0.1, 0.15) is 118 Å². The Morgan fingerprint density at radius 3 is 1.73 bits per heavy atom. The van der Waals surface area contributed by atoms with Crippen molar-refractivity contribution in [2.24, 2.45) is 11.8 Å². The first kappa shape index (κ1) is 21.6. The van der Waals surface area contributed by atoms with Gasteiger partial charge < -0.3 is 0 Å². The molecular formula is C22H42. The van der Waals surface area contributed by atoms with Gasteiger partial charge in [0.05, 0.1) is 0 Å². The minimum absolute atomic E-state index is 0.821. The second-order valence-electron chi connectivity index (χ2n) is 7.26. The highest BCUT2D eigenvalue weighted by atomic mass is 14.2. The van der Waals surface area contributed by atoms with Gasteiger partial charge in [0.2, 0.25) is 0 Å². The van der Waals surface area contributed by atoms with E-state index in [0.717, 1.165) is 24.7 Å². The largest absolute Gasteiger partial charge is 0.103 e. The van der Waals surface area contributed by atoms with Crippen LogP contribution in [0, 0.1) is 23.7 Å². The molecule has 0 aliphatic rings. The minimum atomic E-state index is 0.821. The molecular weight excluding hydrogens is 264 g/mol. The number of hydrogen-bond donors (Lipinski definition) is 0. The molecule has 1 atom stereocenters. The minimum Gasteiger partial charge on any atom is -0.103 e. The van der Waals surface area contributed by atoms with E-state index in [2.05, 4.69) is 39.5 Å². The highest BCUT2D eigenvalue weighted by Crippen LogP contribution is 2.23. The van der Waals surface area contributed by atoms with Gasteiger partial charge in [-0.2, -0.15) is 0 Å². The molecule has 0 N–H and O–H groups in total. The third-order valence-electron chi connectivity index (χ3n) is 4.79. The van der Waals surface area contributed by atoms with E-state index in [1.165, 1.54) is 77.0 Å². The predicted octanol–water partition coefficient (Wildman–Crippen LogP) is 7.76. The van der Waals surface area contributed by atoms with Gasteiger partial charge in [-0.25, -0.2) is 0 Å². The van der Waals surface area contributed by atoms with Crippen LogP contribution in [0.4, 0.5) is 0 Å². The molecule has 0 amide bonds. The standard InChI is InChI=1S/C22H42/c1-5-7-9-11-12-13-14-16-18-20-22(21(3)4)19-17-15-10-8-6-2/h21-22H,5-13,15,17-20H2,1-4H3. The summed E-state index contributed by atoms with van der Waals surface area (Å²) in [5, 5.41) is 0. The second-order valence-corrected chi connectivity index (χ2v) is 7.26. The van der Waals surface area contributed by atoms with Crippen molar-refractivity contribution in [3.05, 3.63) is 0 Å². The molecule has 0 heteroatoms. The molecule has 0 saturated heterocycles. The monoisotopic (exact) mass is 306 g/mol. The molecule has 0 aliphatic heterocycles. The lowest BCUT2D eigenvalue weighted by molar-refractivity contribution is 0.327. The fraction of sp³-hybridized carbons (Fsp3) is 0.909. The van der Waals surface area contributed by atoms with Crippen LogP contribution in [0.3, 0.4) is 0 Å². The van der Waals surface area contributed by atoms with Gasteiger partial charge in [0.25, 0.3) is 0 Å². The van der Waals surface area contributed by atoms with Crippen LogP contribution in [-0.4, -0.2) is 0 Å². The van der Waals surface area contributed by atoms with Gasteiger partial charge in [0.15, 0.2) is 0 Å². The summed E-state index contributed by atoms with van der Waals surface area (Å²) in [4.78, 5) is 0. The maximum absolute atomic E-state index is 3.42. The highest BCUT2D eigenvalue weighted by Gasteiger charge is 2.11. The molecule has 0 bridgehead atoms. The van der Waals surface area contributed by atoms with E-state index in [9.17, 15) is 0 Å². The molecule has 0 fully saturated rings. The first-order chi connectivity index (χ1) is 10.7. The van der Waals surface area contributed by atoms with Gasteiger partial charge in [0, 0.05) is 12.8 Å². The van der Waals surface area contributed by atoms with Gasteiger partial charge >= 0.3 is 0 Å². The normalized spacial score (nSPS) is 12.2. The SMILES string of the molecule is CCCCCCCC#CCCC(CCCCCCC)C(C)C. The Hall–Kier alpha value is -0.440. The quantitative estimate of drug-likeness (QED) is 0.227. The molecule has 0 aromatic rings. The van der Waals surface area contributed by atoms with Crippen molar-refractivity contribution >= 4 is 0 Å². The summed E-state index contributed by atoms with van der Waals surface area (Å²) < 4.78 is 0. The number of hydrogen-bond acceptors (Lipinski definition) is 0. The van der Waals surface area contributed by atoms with E-state index in [4.69, 9.17) is 0 Å². The van der Waals surface area contributed by atoms with E-state index in [1.807, 2.05) is 0 Å². The van der Waals surface area contributed by atoms with Crippen molar-refractivity contribution in [2.45, 2.75) is 118 Å². The maximum Gasteiger partial charge on any atom is 0.00914 e. The Kier molecular flexibility index (Phi) is 16.6. The summed E-state index contributed by atoms with van der Waals surface area (Å²) in [6.07, 6.45) is 18.8. The van der Waals surface area contributed by atoms with E-state index < -0.39 is 0 Å². The second kappa shape index (κ2) is 16.9. The molecule has 0 aliphatic carbocycles. The Labute approximate surface area is 141 Å². The Balaban J connectivity index is 3.64. The lowest BCUT2D eigenvalue weighted by Crippen LogP contribution is -2.08. The average Bonchev–Trinajstić information content (AvgIpc) is 2.50. The topological polar surface area (TPSA) is 0 Å². The summed E-state index contributed by atoms with van der Waals surface area (Å²) in [6.45, 7) is 9.34. The van der Waals surface area contributed by atoms with Gasteiger partial charge in [-0.3, -0.25) is 0 Å². The predicted molar refractivity (Wildman–Crippen MR) is 102 cm³/mol. The van der Waals surface area contributed by atoms with Crippen molar-refractivity contribution < 1.29 is 0 Å². The molecule has 0 aromatic carbocycles. The van der Waals surface area contributed by atoms with Crippen LogP contribution >= 0.6 is 0 Å². The molecule has 0 radical (unpaired) electrons. The van der Waals surface area contributed by atoms with Gasteiger partial charge in [-0.05, 0) is 24.7 Å². The van der Waals surface area contributed by atoms with Crippen LogP contribution < -0.4 is 0 Å². The first-order valence-electron chi connectivity index (χ1n) is 10.2. The fourth-order valence-electron chi connectivity index (χ4n) is 3.07. The fourth-order valence-corrected chi connectivity index (χ4v) is 3.07. The lowest BCUT2D eigenvalue weighted by atomic mass is 9.86. The zero-order valence-corrected chi connectivity index (χ0v) is 16.1. The molecule has 0 saturated carbocycles. The Bertz CT molecular complexity index is 265. The molecule has 1 unspecified atom stereocenters. The maximum atomic E-state index is 3.42. The molecule has 0 rings (SSSR count). The summed E-state index contributed by atoms with van der Waals surface area (Å²) in [7, 11) is 0. The van der Waals surface area contributed by atoms with E-state index >= 15 is 0 Å². The summed E-state index contributed by atoms with van der Waals surface area (Å²) in [6, 6.07) is 0. The van der Waals surface area contributed by atoms with Crippen molar-refractivity contribution in [1.29, 1.82) is 0 Å². The van der Waals surface area contributed by atoms with Crippen LogP contribution in [-0.2, 0) is 0 Å². The van der Waals surface area contributed by atoms with Crippen molar-refractivity contribution in [3.63, 3.8) is 0 Å². The summed E-state index contributed by atoms with van der Waals surface area (Å²) >= 11 is 0. The van der Waals surface area contributed by atoms with E-state index in [-0.39, 0.29) is 0 Å². The molecule has 130 valence electrons. The van der Waals surface area contributed by atoms with Gasteiger partial charge in [-0.15, -0.1) is 11.8 Å². The van der Waals surface area contributed by atoms with Gasteiger partial charge in [-0.1, -0.05) is 91.9 Å². The van der Waals surface area contributed by atoms with Crippen molar-refractivity contribution in [2.75, 3.05) is 0 Å². The van der Waals surface area contributed by atoms with Crippen LogP contribution in [0.25, 0.3) is 0 Å². The lowest BCUT2D eigenvalue weighted by Gasteiger charge is -2.19. The third kappa shape index (κ3) is 14.5. The van der Waals surface area contributed by atoms with Crippen molar-refractivity contribution in [1.82, 2.24) is 0 Å². The zero-order valence-electron chi connectivity index (χ0n) is 16.1. The van der Waals surface area contributed by atoms with Crippen molar-refractivity contribution in [3.8, 4) is 11.8 Å². The number of rotatable bonds is 14. The molecule has 22 heavy (non-hydrogen) atoms. The Morgan fingerprint density at radius 1 is 0.591 bits per heavy atom. The summed E-state index contributed by atoms with van der Waals surface area (Å²) in [5.74, 6) is 8.52. The van der Waals surface area contributed by atoms with Crippen LogP contribution in [0.5, 0.6) is 0 Å². The number of unbranched alkanes of at least 4 members (excludes halogenated alkanes) is 9. The van der Waals surface area contributed by atoms with Crippen LogP contribution in [0.15, 0.2) is 0 Å². The molecule has 0 heterocycles. The van der Waals surface area contributed by atoms with Gasteiger partial charge in [0.1, 0.15) is 0 Å². The van der Waals surface area contributed by atoms with E-state index in [1.54, 1.807) is 0 Å². The summed E-state index contributed by atoms with van der Waals surface area (Å²) in [5.41, 5.74) is 0. The highest BCUT2D eigenvalue weighted by molar-refractivity contribution is 4.98. The zero-order chi connectivity index (χ0) is 16.5. The van der Waals surface area contributed by atoms with E-state index in [0.29, 0.717) is 0 Å². The first-order valence-corrected chi connectivity index (χ1v) is 10.2. The smallest absolute Gasteiger partial charge is 0.00914 e. The van der Waals surface area contributed by atoms with Crippen LogP contribution in [0.2, 0.25) is 0 Å². The molecule has 0 spiro atoms. The third-order valence-corrected chi connectivity index (χ3v) is 4.79.